The smallest absolute Gasteiger partial charge is 0.264 e. The first-order chi connectivity index (χ1) is 19.3. The van der Waals surface area contributed by atoms with E-state index in [1.165, 1.54) is 27.4 Å². The number of piperidine rings is 1. The number of fused-ring (bicyclic) bond motifs is 2. The lowest BCUT2D eigenvalue weighted by Crippen LogP contribution is -2.36. The van der Waals surface area contributed by atoms with Gasteiger partial charge in [0, 0.05) is 49.1 Å². The van der Waals surface area contributed by atoms with Crippen LogP contribution >= 0.6 is 0 Å². The first-order valence-electron chi connectivity index (χ1n) is 12.9. The summed E-state index contributed by atoms with van der Waals surface area (Å²) in [5.41, 5.74) is 3.33. The van der Waals surface area contributed by atoms with Gasteiger partial charge in [-0.15, -0.1) is 5.10 Å². The number of ether oxygens (including phenoxy) is 1. The number of pyridine rings is 1. The van der Waals surface area contributed by atoms with Crippen LogP contribution in [-0.4, -0.2) is 62.2 Å². The molecule has 40 heavy (non-hydrogen) atoms. The zero-order valence-corrected chi connectivity index (χ0v) is 22.7. The summed E-state index contributed by atoms with van der Waals surface area (Å²) in [5, 5.41) is 13.5. The van der Waals surface area contributed by atoms with Crippen LogP contribution in [0.5, 0.6) is 5.88 Å². The summed E-state index contributed by atoms with van der Waals surface area (Å²) in [5.74, 6) is 0.398. The molecule has 0 N–H and O–H groups in total. The van der Waals surface area contributed by atoms with E-state index in [0.717, 1.165) is 27.7 Å². The highest BCUT2D eigenvalue weighted by molar-refractivity contribution is 7.89. The van der Waals surface area contributed by atoms with Crippen LogP contribution in [0.4, 0.5) is 4.39 Å². The molecule has 4 heterocycles. The van der Waals surface area contributed by atoms with Crippen LogP contribution in [0.25, 0.3) is 16.6 Å². The third-order valence-corrected chi connectivity index (χ3v) is 9.93. The quantitative estimate of drug-likeness (QED) is 0.301. The Hall–Kier alpha value is -4.16. The number of aromatic nitrogens is 6. The maximum absolute atomic E-state index is 13.5. The lowest BCUT2D eigenvalue weighted by Gasteiger charge is -2.24. The summed E-state index contributed by atoms with van der Waals surface area (Å²) in [6, 6.07) is 15.9. The van der Waals surface area contributed by atoms with Crippen molar-refractivity contribution in [3.05, 3.63) is 90.1 Å². The lowest BCUT2D eigenvalue weighted by atomic mass is 9.88. The van der Waals surface area contributed by atoms with E-state index >= 15 is 0 Å². The van der Waals surface area contributed by atoms with Crippen molar-refractivity contribution in [2.75, 3.05) is 19.7 Å². The lowest BCUT2D eigenvalue weighted by molar-refractivity contribution is 0.253. The molecule has 0 unspecified atom stereocenters. The number of hydrogen-bond acceptors (Lipinski definition) is 7. The van der Waals surface area contributed by atoms with Crippen LogP contribution in [0.3, 0.4) is 0 Å². The molecule has 204 valence electrons. The average molecular weight is 560 g/mol. The van der Waals surface area contributed by atoms with Gasteiger partial charge in [0.1, 0.15) is 5.82 Å². The summed E-state index contributed by atoms with van der Waals surface area (Å²) in [6.45, 7) is 3.14. The molecule has 2 fully saturated rings. The Morgan fingerprint density at radius 3 is 2.65 bits per heavy atom. The Morgan fingerprint density at radius 1 is 1.10 bits per heavy atom. The van der Waals surface area contributed by atoms with Gasteiger partial charge in [0.15, 0.2) is 0 Å². The molecular weight excluding hydrogens is 533 g/mol. The van der Waals surface area contributed by atoms with Crippen molar-refractivity contribution in [3.63, 3.8) is 0 Å². The van der Waals surface area contributed by atoms with Gasteiger partial charge in [-0.3, -0.25) is 0 Å². The van der Waals surface area contributed by atoms with Gasteiger partial charge in [-0.2, -0.15) is 19.3 Å². The summed E-state index contributed by atoms with van der Waals surface area (Å²) in [6.07, 6.45) is 4.76. The van der Waals surface area contributed by atoms with Gasteiger partial charge >= 0.3 is 0 Å². The standard InChI is InChI=1S/C28H26FN7O3S/c1-18-11-25-19(13-32-36(25)21-8-6-20(29)7-9-21)12-22(18)28-17-35(40(37,38)27-14-31-34(2)33-27)15-23(28)24(28)16-39-26-5-3-4-10-30-26/h3-14,23-24H,15-17H2,1-2H3/t23-,24-,28+/m1/s1. The van der Waals surface area contributed by atoms with E-state index in [1.807, 2.05) is 25.1 Å². The van der Waals surface area contributed by atoms with Crippen molar-refractivity contribution in [1.82, 2.24) is 34.1 Å². The van der Waals surface area contributed by atoms with Gasteiger partial charge in [0.2, 0.25) is 10.9 Å². The van der Waals surface area contributed by atoms with Crippen molar-refractivity contribution in [1.29, 1.82) is 0 Å². The SMILES string of the molecule is Cc1cc2c(cnn2-c2ccc(F)cc2)cc1[C@@]12CN(S(=O)(=O)c3cnn(C)n3)C[C@@H]1[C@H]2COc1ccccn1. The molecule has 3 atom stereocenters. The summed E-state index contributed by atoms with van der Waals surface area (Å²) in [4.78, 5) is 5.53. The average Bonchev–Trinajstić information content (AvgIpc) is 3.40. The van der Waals surface area contributed by atoms with Crippen LogP contribution in [0.15, 0.2) is 78.2 Å². The second-order valence-corrected chi connectivity index (χ2v) is 12.3. The summed E-state index contributed by atoms with van der Waals surface area (Å²) < 4.78 is 49.9. The molecular formula is C28H26FN7O3S. The molecule has 1 aliphatic carbocycles. The van der Waals surface area contributed by atoms with Gasteiger partial charge in [0.05, 0.1) is 30.2 Å². The minimum Gasteiger partial charge on any atom is -0.477 e. The van der Waals surface area contributed by atoms with E-state index in [9.17, 15) is 12.8 Å². The van der Waals surface area contributed by atoms with Crippen LogP contribution in [0.1, 0.15) is 11.1 Å². The van der Waals surface area contributed by atoms with Gasteiger partial charge in [-0.05, 0) is 66.4 Å². The van der Waals surface area contributed by atoms with Crippen molar-refractivity contribution in [2.24, 2.45) is 18.9 Å². The molecule has 0 radical (unpaired) electrons. The molecule has 1 saturated heterocycles. The third kappa shape index (κ3) is 3.81. The van der Waals surface area contributed by atoms with Crippen molar-refractivity contribution >= 4 is 20.9 Å². The molecule has 5 aromatic rings. The molecule has 2 aliphatic rings. The Labute approximate surface area is 230 Å². The monoisotopic (exact) mass is 559 g/mol. The third-order valence-electron chi connectivity index (χ3n) is 8.26. The largest absolute Gasteiger partial charge is 0.477 e. The van der Waals surface area contributed by atoms with E-state index in [2.05, 4.69) is 32.4 Å². The minimum absolute atomic E-state index is 0.0551. The normalized spacial score (nSPS) is 22.5. The number of hydrogen-bond donors (Lipinski definition) is 0. The van der Waals surface area contributed by atoms with Crippen LogP contribution < -0.4 is 4.74 Å². The van der Waals surface area contributed by atoms with Gasteiger partial charge in [-0.25, -0.2) is 22.5 Å². The van der Waals surface area contributed by atoms with E-state index in [1.54, 1.807) is 36.3 Å². The first-order valence-corrected chi connectivity index (χ1v) is 14.4. The van der Waals surface area contributed by atoms with E-state index in [4.69, 9.17) is 4.74 Å². The molecule has 0 amide bonds. The van der Waals surface area contributed by atoms with Gasteiger partial charge in [-0.1, -0.05) is 6.07 Å². The molecule has 2 aromatic carbocycles. The van der Waals surface area contributed by atoms with Crippen molar-refractivity contribution in [2.45, 2.75) is 17.4 Å². The molecule has 0 bridgehead atoms. The number of rotatable bonds is 7. The zero-order chi connectivity index (χ0) is 27.6. The second kappa shape index (κ2) is 8.93. The molecule has 10 nitrogen and oxygen atoms in total. The van der Waals surface area contributed by atoms with Crippen LogP contribution in [0, 0.1) is 24.6 Å². The van der Waals surface area contributed by atoms with Crippen molar-refractivity contribution in [3.8, 4) is 11.6 Å². The Kier molecular flexibility index (Phi) is 5.55. The fraction of sp³-hybridized carbons (Fsp3) is 0.286. The van der Waals surface area contributed by atoms with Gasteiger partial charge < -0.3 is 4.74 Å². The Morgan fingerprint density at radius 2 is 1.93 bits per heavy atom. The van der Waals surface area contributed by atoms with E-state index < -0.39 is 15.4 Å². The highest BCUT2D eigenvalue weighted by Crippen LogP contribution is 2.65. The molecule has 1 saturated carbocycles. The number of sulfonamides is 1. The molecule has 12 heteroatoms. The van der Waals surface area contributed by atoms with Gasteiger partial charge in [0.25, 0.3) is 10.0 Å². The van der Waals surface area contributed by atoms with Crippen molar-refractivity contribution < 1.29 is 17.5 Å². The molecule has 7 rings (SSSR count). The van der Waals surface area contributed by atoms with E-state index in [0.29, 0.717) is 25.6 Å². The fourth-order valence-corrected chi connectivity index (χ4v) is 7.70. The highest BCUT2D eigenvalue weighted by atomic mass is 32.2. The molecule has 0 spiro atoms. The maximum atomic E-state index is 13.5. The van der Waals surface area contributed by atoms with Crippen LogP contribution in [-0.2, 0) is 22.5 Å². The number of nitrogens with zero attached hydrogens (tertiary/aromatic N) is 7. The maximum Gasteiger partial charge on any atom is 0.264 e. The Balaban J connectivity index is 1.26. The predicted octanol–water partition coefficient (Wildman–Crippen LogP) is 3.26. The second-order valence-electron chi connectivity index (χ2n) is 10.5. The molecule has 1 aliphatic heterocycles. The summed E-state index contributed by atoms with van der Waals surface area (Å²) >= 11 is 0. The highest BCUT2D eigenvalue weighted by Gasteiger charge is 2.71. The number of halogens is 1. The fourth-order valence-electron chi connectivity index (χ4n) is 6.29. The minimum atomic E-state index is -3.81. The van der Waals surface area contributed by atoms with E-state index in [-0.39, 0.29) is 22.7 Å². The number of aryl methyl sites for hydroxylation is 2. The zero-order valence-electron chi connectivity index (χ0n) is 21.8. The molecule has 3 aromatic heterocycles. The first kappa shape index (κ1) is 24.9. The Bertz CT molecular complexity index is 1840. The predicted molar refractivity (Wildman–Crippen MR) is 144 cm³/mol. The summed E-state index contributed by atoms with van der Waals surface area (Å²) in [7, 11) is -2.21. The topological polar surface area (TPSA) is 108 Å². The number of benzene rings is 2. The van der Waals surface area contributed by atoms with Crippen LogP contribution in [0.2, 0.25) is 0 Å².